The van der Waals surface area contributed by atoms with Gasteiger partial charge in [-0.1, -0.05) is 19.9 Å². The van der Waals surface area contributed by atoms with Crippen LogP contribution in [0.1, 0.15) is 48.6 Å². The number of nitrogens with zero attached hydrogens (tertiary/aromatic N) is 3. The van der Waals surface area contributed by atoms with Crippen LogP contribution in [0.5, 0.6) is 0 Å². The van der Waals surface area contributed by atoms with Crippen LogP contribution >= 0.6 is 12.2 Å². The third-order valence-electron chi connectivity index (χ3n) is 6.08. The molecule has 1 aromatic carbocycles. The molecule has 1 aliphatic rings. The topological polar surface area (TPSA) is 62.2 Å². The van der Waals surface area contributed by atoms with E-state index in [1.807, 2.05) is 57.3 Å². The lowest BCUT2D eigenvalue weighted by atomic mass is 10.0. The first kappa shape index (κ1) is 22.0. The number of carbonyl (C=O) groups is 1. The van der Waals surface area contributed by atoms with Gasteiger partial charge in [0.15, 0.2) is 5.11 Å². The van der Waals surface area contributed by atoms with Crippen LogP contribution < -0.4 is 15.5 Å². The zero-order valence-electron chi connectivity index (χ0n) is 19.1. The smallest absolute Gasteiger partial charge is 0.226 e. The first-order chi connectivity index (χ1) is 15.3. The average Bonchev–Trinajstić information content (AvgIpc) is 3.28. The van der Waals surface area contributed by atoms with E-state index in [-0.39, 0.29) is 23.9 Å². The van der Waals surface area contributed by atoms with E-state index in [9.17, 15) is 4.79 Å². The van der Waals surface area contributed by atoms with Gasteiger partial charge in [0.1, 0.15) is 6.04 Å². The summed E-state index contributed by atoms with van der Waals surface area (Å²) in [6.07, 6.45) is 1.81. The predicted molar refractivity (Wildman–Crippen MR) is 133 cm³/mol. The fraction of sp³-hybridized carbons (Fsp3) is 0.320. The highest BCUT2D eigenvalue weighted by molar-refractivity contribution is 7.80. The van der Waals surface area contributed by atoms with Crippen molar-refractivity contribution in [2.45, 2.75) is 39.8 Å². The predicted octanol–water partition coefficient (Wildman–Crippen LogP) is 4.81. The lowest BCUT2D eigenvalue weighted by Crippen LogP contribution is -2.30. The number of pyridine rings is 1. The van der Waals surface area contributed by atoms with Crippen molar-refractivity contribution in [1.82, 2.24) is 14.9 Å². The summed E-state index contributed by atoms with van der Waals surface area (Å²) in [7, 11) is 2.08. The molecule has 1 amide bonds. The summed E-state index contributed by atoms with van der Waals surface area (Å²) in [4.78, 5) is 18.9. The van der Waals surface area contributed by atoms with Crippen LogP contribution in [0, 0.1) is 19.8 Å². The number of aromatic nitrogens is 2. The minimum absolute atomic E-state index is 0.00610. The Morgan fingerprint density at radius 2 is 1.94 bits per heavy atom. The van der Waals surface area contributed by atoms with Gasteiger partial charge in [0.25, 0.3) is 0 Å². The van der Waals surface area contributed by atoms with Crippen LogP contribution in [0.2, 0.25) is 0 Å². The van der Waals surface area contributed by atoms with Gasteiger partial charge in [0.2, 0.25) is 5.91 Å². The molecule has 0 saturated carbocycles. The van der Waals surface area contributed by atoms with Gasteiger partial charge in [0.05, 0.1) is 11.7 Å². The molecule has 166 valence electrons. The van der Waals surface area contributed by atoms with Crippen molar-refractivity contribution in [3.8, 4) is 0 Å². The summed E-state index contributed by atoms with van der Waals surface area (Å²) in [5.41, 5.74) is 6.06. The molecule has 2 N–H and O–H groups in total. The summed E-state index contributed by atoms with van der Waals surface area (Å²) in [5, 5.41) is 7.16. The zero-order valence-corrected chi connectivity index (χ0v) is 19.9. The SMILES string of the molecule is Cc1cc(N2C(=S)N[C@@H](c3ccccn3)[C@@H]2c2ccc(C)n2C)ccc1NC(=O)C(C)C. The molecule has 3 heterocycles. The number of thiocarbonyl (C=S) groups is 1. The van der Waals surface area contributed by atoms with Crippen LogP contribution in [0.15, 0.2) is 54.7 Å². The Hall–Kier alpha value is -3.19. The van der Waals surface area contributed by atoms with Crippen molar-refractivity contribution in [2.75, 3.05) is 10.2 Å². The van der Waals surface area contributed by atoms with Crippen LogP contribution in [0.4, 0.5) is 11.4 Å². The summed E-state index contributed by atoms with van der Waals surface area (Å²) < 4.78 is 2.20. The summed E-state index contributed by atoms with van der Waals surface area (Å²) in [6, 6.07) is 16.1. The lowest BCUT2D eigenvalue weighted by Gasteiger charge is -2.29. The lowest BCUT2D eigenvalue weighted by molar-refractivity contribution is -0.118. The van der Waals surface area contributed by atoms with Crippen molar-refractivity contribution in [3.63, 3.8) is 0 Å². The molecule has 0 spiro atoms. The maximum atomic E-state index is 12.2. The molecule has 1 saturated heterocycles. The van der Waals surface area contributed by atoms with E-state index < -0.39 is 0 Å². The van der Waals surface area contributed by atoms with E-state index in [1.54, 1.807) is 0 Å². The Bertz CT molecular complexity index is 1150. The number of hydrogen-bond donors (Lipinski definition) is 2. The van der Waals surface area contributed by atoms with Crippen molar-refractivity contribution in [3.05, 3.63) is 77.4 Å². The number of rotatable bonds is 5. The average molecular weight is 448 g/mol. The summed E-state index contributed by atoms with van der Waals surface area (Å²) in [6.45, 7) is 7.87. The molecule has 3 aromatic rings. The molecule has 2 aromatic heterocycles. The normalized spacial score (nSPS) is 18.2. The Morgan fingerprint density at radius 3 is 2.53 bits per heavy atom. The number of carbonyl (C=O) groups excluding carboxylic acids is 1. The third kappa shape index (κ3) is 4.00. The van der Waals surface area contributed by atoms with Crippen LogP contribution in [-0.2, 0) is 11.8 Å². The third-order valence-corrected chi connectivity index (χ3v) is 6.40. The molecular formula is C25H29N5OS. The minimum atomic E-state index is -0.0858. The molecule has 4 rings (SSSR count). The highest BCUT2D eigenvalue weighted by Crippen LogP contribution is 2.42. The van der Waals surface area contributed by atoms with Crippen molar-refractivity contribution in [2.24, 2.45) is 13.0 Å². The highest BCUT2D eigenvalue weighted by Gasteiger charge is 2.42. The van der Waals surface area contributed by atoms with E-state index in [4.69, 9.17) is 12.2 Å². The second-order valence-electron chi connectivity index (χ2n) is 8.60. The second kappa shape index (κ2) is 8.74. The molecule has 0 bridgehead atoms. The van der Waals surface area contributed by atoms with E-state index in [0.29, 0.717) is 5.11 Å². The monoisotopic (exact) mass is 447 g/mol. The van der Waals surface area contributed by atoms with Gasteiger partial charge in [-0.15, -0.1) is 0 Å². The maximum Gasteiger partial charge on any atom is 0.226 e. The van der Waals surface area contributed by atoms with Crippen LogP contribution in [0.3, 0.4) is 0 Å². The molecule has 7 heteroatoms. The van der Waals surface area contributed by atoms with Gasteiger partial charge in [-0.05, 0) is 74.1 Å². The molecule has 1 aliphatic heterocycles. The van der Waals surface area contributed by atoms with Gasteiger partial charge in [-0.3, -0.25) is 9.78 Å². The number of amides is 1. The molecule has 0 unspecified atom stereocenters. The first-order valence-corrected chi connectivity index (χ1v) is 11.2. The van der Waals surface area contributed by atoms with Gasteiger partial charge >= 0.3 is 0 Å². The van der Waals surface area contributed by atoms with E-state index >= 15 is 0 Å². The number of anilines is 2. The Labute approximate surface area is 194 Å². The Kier molecular flexibility index (Phi) is 6.02. The minimum Gasteiger partial charge on any atom is -0.351 e. The molecule has 1 fully saturated rings. The van der Waals surface area contributed by atoms with E-state index in [0.717, 1.165) is 28.3 Å². The van der Waals surface area contributed by atoms with Gasteiger partial charge in [-0.25, -0.2) is 0 Å². The maximum absolute atomic E-state index is 12.2. The fourth-order valence-electron chi connectivity index (χ4n) is 4.08. The molecule has 2 atom stereocenters. The van der Waals surface area contributed by atoms with Crippen LogP contribution in [0.25, 0.3) is 0 Å². The number of benzene rings is 1. The molecule has 0 aliphatic carbocycles. The van der Waals surface area contributed by atoms with Crippen molar-refractivity contribution in [1.29, 1.82) is 0 Å². The van der Waals surface area contributed by atoms with Crippen LogP contribution in [-0.4, -0.2) is 20.6 Å². The van der Waals surface area contributed by atoms with Crippen molar-refractivity contribution >= 4 is 34.6 Å². The molecule has 32 heavy (non-hydrogen) atoms. The van der Waals surface area contributed by atoms with Gasteiger partial charge in [-0.2, -0.15) is 0 Å². The molecule has 0 radical (unpaired) electrons. The van der Waals surface area contributed by atoms with E-state index in [1.165, 1.54) is 5.69 Å². The van der Waals surface area contributed by atoms with Gasteiger partial charge in [0, 0.05) is 41.9 Å². The van der Waals surface area contributed by atoms with Gasteiger partial charge < -0.3 is 20.1 Å². The quantitative estimate of drug-likeness (QED) is 0.550. The number of nitrogens with one attached hydrogen (secondary N) is 2. The Morgan fingerprint density at radius 1 is 1.16 bits per heavy atom. The standard InChI is InChI=1S/C25H29N5OS/c1-15(2)24(31)27-19-11-10-18(14-16(19)3)30-23(21-12-9-17(4)29(21)5)22(28-25(30)32)20-8-6-7-13-26-20/h6-15,22-23H,1-5H3,(H,27,31)(H,28,32)/t22-,23-/m0/s1. The van der Waals surface area contributed by atoms with Crippen molar-refractivity contribution < 1.29 is 4.79 Å². The second-order valence-corrected chi connectivity index (χ2v) is 8.99. The largest absolute Gasteiger partial charge is 0.351 e. The Balaban J connectivity index is 1.76. The highest BCUT2D eigenvalue weighted by atomic mass is 32.1. The zero-order chi connectivity index (χ0) is 23.0. The summed E-state index contributed by atoms with van der Waals surface area (Å²) in [5.74, 6) is -0.0693. The van der Waals surface area contributed by atoms with E-state index in [2.05, 4.69) is 57.3 Å². The number of hydrogen-bond acceptors (Lipinski definition) is 3. The number of aryl methyl sites for hydroxylation is 2. The fourth-order valence-corrected chi connectivity index (χ4v) is 4.42. The first-order valence-electron chi connectivity index (χ1n) is 10.8. The summed E-state index contributed by atoms with van der Waals surface area (Å²) >= 11 is 5.81. The molecular weight excluding hydrogens is 418 g/mol. The molecule has 6 nitrogen and oxygen atoms in total.